The van der Waals surface area contributed by atoms with Gasteiger partial charge in [0.2, 0.25) is 0 Å². The van der Waals surface area contributed by atoms with Gasteiger partial charge in [0.05, 0.1) is 12.2 Å². The molecule has 0 spiro atoms. The number of hydrogen-bond donors (Lipinski definition) is 1. The number of phenolic OH excluding ortho intramolecular Hbond substituents is 1. The van der Waals surface area contributed by atoms with Gasteiger partial charge in [0.25, 0.3) is 0 Å². The van der Waals surface area contributed by atoms with Gasteiger partial charge in [-0.25, -0.2) is 0 Å². The van der Waals surface area contributed by atoms with Crippen LogP contribution >= 0.6 is 0 Å². The van der Waals surface area contributed by atoms with Crippen LogP contribution in [-0.4, -0.2) is 17.5 Å². The Kier molecular flexibility index (Phi) is 6.26. The fourth-order valence-corrected chi connectivity index (χ4v) is 1.85. The summed E-state index contributed by atoms with van der Waals surface area (Å²) < 4.78 is 5.26. The van der Waals surface area contributed by atoms with E-state index in [1.165, 1.54) is 6.07 Å². The fraction of sp³-hybridized carbons (Fsp3) is 0.533. The van der Waals surface area contributed by atoms with Gasteiger partial charge in [0.15, 0.2) is 5.78 Å². The second kappa shape index (κ2) is 7.75. The zero-order valence-corrected chi connectivity index (χ0v) is 11.2. The Morgan fingerprint density at radius 1 is 1.22 bits per heavy atom. The Labute approximate surface area is 109 Å². The van der Waals surface area contributed by atoms with Crippen molar-refractivity contribution in [1.82, 2.24) is 0 Å². The minimum Gasteiger partial charge on any atom is -0.507 e. The standard InChI is InChI=1S/C15H22O3/c1-3-5-6-7-8-14(16)13-10-9-12(18-4-2)11-15(13)17/h9-11,17H,3-8H2,1-2H3. The summed E-state index contributed by atoms with van der Waals surface area (Å²) in [5.74, 6) is 0.616. The van der Waals surface area contributed by atoms with E-state index in [4.69, 9.17) is 4.74 Å². The van der Waals surface area contributed by atoms with Gasteiger partial charge in [-0.1, -0.05) is 26.2 Å². The molecule has 1 N–H and O–H groups in total. The predicted molar refractivity (Wildman–Crippen MR) is 72.4 cm³/mol. The number of carbonyl (C=O) groups excluding carboxylic acids is 1. The van der Waals surface area contributed by atoms with Gasteiger partial charge in [-0.05, 0) is 25.5 Å². The third-order valence-corrected chi connectivity index (χ3v) is 2.84. The van der Waals surface area contributed by atoms with E-state index >= 15 is 0 Å². The molecule has 3 nitrogen and oxygen atoms in total. The zero-order valence-electron chi connectivity index (χ0n) is 11.2. The lowest BCUT2D eigenvalue weighted by atomic mass is 10.0. The van der Waals surface area contributed by atoms with Crippen molar-refractivity contribution in [3.8, 4) is 11.5 Å². The molecule has 0 bridgehead atoms. The van der Waals surface area contributed by atoms with Crippen LogP contribution in [0.2, 0.25) is 0 Å². The van der Waals surface area contributed by atoms with Gasteiger partial charge in [0, 0.05) is 12.5 Å². The van der Waals surface area contributed by atoms with Crippen molar-refractivity contribution in [3.63, 3.8) is 0 Å². The van der Waals surface area contributed by atoms with E-state index in [0.717, 1.165) is 25.7 Å². The number of Topliss-reactive ketones (excluding diaryl/α,β-unsaturated/α-hetero) is 1. The lowest BCUT2D eigenvalue weighted by Crippen LogP contribution is -2.00. The molecule has 0 saturated heterocycles. The van der Waals surface area contributed by atoms with Gasteiger partial charge in [-0.3, -0.25) is 4.79 Å². The van der Waals surface area contributed by atoms with Crippen molar-refractivity contribution in [1.29, 1.82) is 0 Å². The first kappa shape index (κ1) is 14.6. The molecule has 18 heavy (non-hydrogen) atoms. The molecule has 1 rings (SSSR count). The summed E-state index contributed by atoms with van der Waals surface area (Å²) >= 11 is 0. The maximum absolute atomic E-state index is 11.9. The summed E-state index contributed by atoms with van der Waals surface area (Å²) in [5.41, 5.74) is 0.398. The molecule has 0 aliphatic heterocycles. The normalized spacial score (nSPS) is 10.3. The van der Waals surface area contributed by atoms with Crippen LogP contribution < -0.4 is 4.74 Å². The third-order valence-electron chi connectivity index (χ3n) is 2.84. The van der Waals surface area contributed by atoms with Crippen molar-refractivity contribution < 1.29 is 14.6 Å². The summed E-state index contributed by atoms with van der Waals surface area (Å²) in [5, 5.41) is 9.79. The van der Waals surface area contributed by atoms with Crippen molar-refractivity contribution in [3.05, 3.63) is 23.8 Å². The van der Waals surface area contributed by atoms with Crippen LogP contribution in [0.5, 0.6) is 11.5 Å². The summed E-state index contributed by atoms with van der Waals surface area (Å²) in [6, 6.07) is 4.87. The topological polar surface area (TPSA) is 46.5 Å². The average molecular weight is 250 g/mol. The monoisotopic (exact) mass is 250 g/mol. The van der Waals surface area contributed by atoms with E-state index in [1.54, 1.807) is 12.1 Å². The quantitative estimate of drug-likeness (QED) is 0.561. The zero-order chi connectivity index (χ0) is 13.4. The number of benzene rings is 1. The first-order chi connectivity index (χ1) is 8.69. The minimum absolute atomic E-state index is 0.00616. The van der Waals surface area contributed by atoms with Crippen molar-refractivity contribution in [2.24, 2.45) is 0 Å². The van der Waals surface area contributed by atoms with Crippen LogP contribution in [0.4, 0.5) is 0 Å². The molecule has 0 atom stereocenters. The maximum atomic E-state index is 11.9. The highest BCUT2D eigenvalue weighted by molar-refractivity contribution is 5.98. The second-order valence-electron chi connectivity index (χ2n) is 4.35. The van der Waals surface area contributed by atoms with Crippen LogP contribution in [0.3, 0.4) is 0 Å². The molecule has 3 heteroatoms. The smallest absolute Gasteiger partial charge is 0.166 e. The summed E-state index contributed by atoms with van der Waals surface area (Å²) in [7, 11) is 0. The number of ether oxygens (including phenoxy) is 1. The van der Waals surface area contributed by atoms with Crippen LogP contribution in [-0.2, 0) is 0 Å². The molecule has 0 aromatic heterocycles. The number of unbranched alkanes of at least 4 members (excludes halogenated alkanes) is 3. The highest BCUT2D eigenvalue weighted by atomic mass is 16.5. The minimum atomic E-state index is 0.00616. The van der Waals surface area contributed by atoms with E-state index in [9.17, 15) is 9.90 Å². The molecule has 0 aliphatic carbocycles. The number of phenols is 1. The Morgan fingerprint density at radius 2 is 2.00 bits per heavy atom. The van der Waals surface area contributed by atoms with E-state index in [1.807, 2.05) is 6.92 Å². The van der Waals surface area contributed by atoms with E-state index in [0.29, 0.717) is 24.3 Å². The Hall–Kier alpha value is -1.51. The molecule has 0 saturated carbocycles. The predicted octanol–water partition coefficient (Wildman–Crippen LogP) is 3.94. The summed E-state index contributed by atoms with van der Waals surface area (Å²) in [6.07, 6.45) is 4.77. The largest absolute Gasteiger partial charge is 0.507 e. The Balaban J connectivity index is 2.57. The number of aromatic hydroxyl groups is 1. The molecular weight excluding hydrogens is 228 g/mol. The SMILES string of the molecule is CCCCCCC(=O)c1ccc(OCC)cc1O. The number of rotatable bonds is 8. The van der Waals surface area contributed by atoms with E-state index in [2.05, 4.69) is 6.92 Å². The van der Waals surface area contributed by atoms with Crippen molar-refractivity contribution in [2.75, 3.05) is 6.61 Å². The average Bonchev–Trinajstić information content (AvgIpc) is 2.35. The molecule has 0 aliphatic rings. The van der Waals surface area contributed by atoms with Gasteiger partial charge in [0.1, 0.15) is 11.5 Å². The summed E-state index contributed by atoms with van der Waals surface area (Å²) in [6.45, 7) is 4.56. The summed E-state index contributed by atoms with van der Waals surface area (Å²) in [4.78, 5) is 11.9. The molecule has 0 heterocycles. The number of carbonyl (C=O) groups is 1. The molecule has 0 fully saturated rings. The second-order valence-corrected chi connectivity index (χ2v) is 4.35. The first-order valence-corrected chi connectivity index (χ1v) is 6.68. The van der Waals surface area contributed by atoms with Gasteiger partial charge in [-0.2, -0.15) is 0 Å². The highest BCUT2D eigenvalue weighted by Crippen LogP contribution is 2.25. The van der Waals surface area contributed by atoms with Crippen LogP contribution in [0, 0.1) is 0 Å². The highest BCUT2D eigenvalue weighted by Gasteiger charge is 2.11. The Bertz CT molecular complexity index is 385. The number of hydrogen-bond acceptors (Lipinski definition) is 3. The first-order valence-electron chi connectivity index (χ1n) is 6.68. The van der Waals surface area contributed by atoms with Gasteiger partial charge in [-0.15, -0.1) is 0 Å². The van der Waals surface area contributed by atoms with Crippen LogP contribution in [0.1, 0.15) is 56.3 Å². The lowest BCUT2D eigenvalue weighted by molar-refractivity contribution is 0.0976. The molecule has 0 unspecified atom stereocenters. The molecule has 0 amide bonds. The Morgan fingerprint density at radius 3 is 2.61 bits per heavy atom. The van der Waals surface area contributed by atoms with Crippen LogP contribution in [0.25, 0.3) is 0 Å². The molecular formula is C15H22O3. The molecule has 100 valence electrons. The fourth-order valence-electron chi connectivity index (χ4n) is 1.85. The van der Waals surface area contributed by atoms with Crippen molar-refractivity contribution >= 4 is 5.78 Å². The molecule has 1 aromatic rings. The molecule has 0 radical (unpaired) electrons. The number of ketones is 1. The van der Waals surface area contributed by atoms with Gasteiger partial charge >= 0.3 is 0 Å². The van der Waals surface area contributed by atoms with Crippen molar-refractivity contribution in [2.45, 2.75) is 46.0 Å². The van der Waals surface area contributed by atoms with E-state index < -0.39 is 0 Å². The maximum Gasteiger partial charge on any atom is 0.166 e. The third kappa shape index (κ3) is 4.40. The van der Waals surface area contributed by atoms with Crippen LogP contribution in [0.15, 0.2) is 18.2 Å². The van der Waals surface area contributed by atoms with E-state index in [-0.39, 0.29) is 11.5 Å². The lowest BCUT2D eigenvalue weighted by Gasteiger charge is -2.07. The molecule has 1 aromatic carbocycles. The van der Waals surface area contributed by atoms with Gasteiger partial charge < -0.3 is 9.84 Å².